The Hall–Kier alpha value is -3.41. The van der Waals surface area contributed by atoms with E-state index >= 15 is 0 Å². The molecule has 2 aromatic rings. The highest BCUT2D eigenvalue weighted by Crippen LogP contribution is 2.12. The fourth-order valence-corrected chi connectivity index (χ4v) is 2.29. The van der Waals surface area contributed by atoms with Gasteiger partial charge in [-0.25, -0.2) is 9.59 Å². The predicted octanol–water partition coefficient (Wildman–Crippen LogP) is 3.76. The van der Waals surface area contributed by atoms with Gasteiger partial charge in [0.15, 0.2) is 6.61 Å². The number of ether oxygens (including phenoxy) is 2. The van der Waals surface area contributed by atoms with Gasteiger partial charge in [-0.15, -0.1) is 0 Å². The third kappa shape index (κ3) is 6.72. The molecule has 0 fully saturated rings. The lowest BCUT2D eigenvalue weighted by molar-refractivity contribution is -0.142. The van der Waals surface area contributed by atoms with E-state index in [0.717, 1.165) is 11.1 Å². The minimum atomic E-state index is -0.606. The van der Waals surface area contributed by atoms with Gasteiger partial charge in [0.1, 0.15) is 0 Å². The highest BCUT2D eigenvalue weighted by atomic mass is 16.5. The van der Waals surface area contributed by atoms with Gasteiger partial charge in [0.2, 0.25) is 0 Å². The van der Waals surface area contributed by atoms with Crippen LogP contribution < -0.4 is 5.32 Å². The first-order valence-electron chi connectivity index (χ1n) is 8.86. The molecule has 0 aliphatic carbocycles. The van der Waals surface area contributed by atoms with Crippen molar-refractivity contribution >= 4 is 29.6 Å². The number of hydrogen-bond acceptors (Lipinski definition) is 5. The summed E-state index contributed by atoms with van der Waals surface area (Å²) in [5, 5.41) is 2.59. The van der Waals surface area contributed by atoms with Gasteiger partial charge in [0.25, 0.3) is 5.91 Å². The molecule has 0 heterocycles. The molecular formula is C22H23NO5. The molecule has 0 aliphatic rings. The number of aryl methyl sites for hydroxylation is 1. The van der Waals surface area contributed by atoms with Crippen LogP contribution in [0.1, 0.15) is 35.3 Å². The number of carbonyl (C=O) groups excluding carboxylic acids is 3. The van der Waals surface area contributed by atoms with Crippen LogP contribution in [0.2, 0.25) is 0 Å². The summed E-state index contributed by atoms with van der Waals surface area (Å²) in [4.78, 5) is 35.4. The Kier molecular flexibility index (Phi) is 7.51. The molecule has 2 aromatic carbocycles. The van der Waals surface area contributed by atoms with Crippen LogP contribution in [0.15, 0.2) is 54.6 Å². The molecule has 0 bridgehead atoms. The van der Waals surface area contributed by atoms with Crippen molar-refractivity contribution in [2.75, 3.05) is 11.9 Å². The first-order chi connectivity index (χ1) is 13.3. The predicted molar refractivity (Wildman–Crippen MR) is 107 cm³/mol. The summed E-state index contributed by atoms with van der Waals surface area (Å²) in [7, 11) is 0. The Morgan fingerprint density at radius 1 is 1.04 bits per heavy atom. The average Bonchev–Trinajstić information content (AvgIpc) is 2.65. The van der Waals surface area contributed by atoms with Crippen LogP contribution in [0, 0.1) is 6.92 Å². The summed E-state index contributed by atoms with van der Waals surface area (Å²) < 4.78 is 10.0. The molecule has 0 aliphatic heterocycles. The molecule has 146 valence electrons. The van der Waals surface area contributed by atoms with Crippen molar-refractivity contribution < 1.29 is 23.9 Å². The zero-order chi connectivity index (χ0) is 20.5. The molecule has 28 heavy (non-hydrogen) atoms. The zero-order valence-electron chi connectivity index (χ0n) is 16.1. The monoisotopic (exact) mass is 381 g/mol. The normalized spacial score (nSPS) is 10.7. The van der Waals surface area contributed by atoms with E-state index in [2.05, 4.69) is 5.32 Å². The molecular weight excluding hydrogens is 358 g/mol. The second kappa shape index (κ2) is 10.1. The van der Waals surface area contributed by atoms with Crippen molar-refractivity contribution in [2.24, 2.45) is 0 Å². The lowest BCUT2D eigenvalue weighted by atomic mass is 10.1. The van der Waals surface area contributed by atoms with Crippen LogP contribution in [0.25, 0.3) is 6.08 Å². The van der Waals surface area contributed by atoms with Gasteiger partial charge < -0.3 is 14.8 Å². The van der Waals surface area contributed by atoms with E-state index in [4.69, 9.17) is 9.47 Å². The number of esters is 2. The molecule has 6 heteroatoms. The fourth-order valence-electron chi connectivity index (χ4n) is 2.29. The van der Waals surface area contributed by atoms with Gasteiger partial charge in [-0.05, 0) is 62.2 Å². The number of hydrogen-bond donors (Lipinski definition) is 1. The van der Waals surface area contributed by atoms with Crippen LogP contribution in [0.3, 0.4) is 0 Å². The maximum atomic E-state index is 11.9. The van der Waals surface area contributed by atoms with E-state index in [1.807, 2.05) is 31.2 Å². The molecule has 0 radical (unpaired) electrons. The van der Waals surface area contributed by atoms with Crippen molar-refractivity contribution in [3.8, 4) is 0 Å². The number of nitrogens with one attached hydrogen (secondary N) is 1. The second-order valence-electron chi connectivity index (χ2n) is 6.38. The molecule has 1 N–H and O–H groups in total. The summed E-state index contributed by atoms with van der Waals surface area (Å²) >= 11 is 0. The summed E-state index contributed by atoms with van der Waals surface area (Å²) in [6.07, 6.45) is 2.72. The molecule has 0 atom stereocenters. The molecule has 0 saturated carbocycles. The minimum Gasteiger partial charge on any atom is -0.459 e. The summed E-state index contributed by atoms with van der Waals surface area (Å²) in [5.74, 6) is -1.51. The van der Waals surface area contributed by atoms with E-state index in [9.17, 15) is 14.4 Å². The number of amides is 1. The third-order valence-electron chi connectivity index (χ3n) is 3.68. The van der Waals surface area contributed by atoms with Crippen molar-refractivity contribution in [3.63, 3.8) is 0 Å². The van der Waals surface area contributed by atoms with Gasteiger partial charge in [0.05, 0.1) is 11.7 Å². The molecule has 0 aromatic heterocycles. The molecule has 0 spiro atoms. The van der Waals surface area contributed by atoms with Gasteiger partial charge in [-0.2, -0.15) is 0 Å². The Labute approximate surface area is 164 Å². The van der Waals surface area contributed by atoms with Crippen LogP contribution in [-0.2, 0) is 19.1 Å². The van der Waals surface area contributed by atoms with E-state index in [1.165, 1.54) is 6.08 Å². The van der Waals surface area contributed by atoms with Crippen LogP contribution in [0.5, 0.6) is 0 Å². The average molecular weight is 381 g/mol. The van der Waals surface area contributed by atoms with Crippen LogP contribution in [0.4, 0.5) is 5.69 Å². The topological polar surface area (TPSA) is 81.7 Å². The Balaban J connectivity index is 1.81. The molecule has 1 amide bonds. The third-order valence-corrected chi connectivity index (χ3v) is 3.68. The number of rotatable bonds is 7. The summed E-state index contributed by atoms with van der Waals surface area (Å²) in [5.41, 5.74) is 2.81. The van der Waals surface area contributed by atoms with E-state index < -0.39 is 24.5 Å². The lowest BCUT2D eigenvalue weighted by Gasteiger charge is -2.09. The standard InChI is InChI=1S/C22H23NO5/c1-15(2)28-22(26)18-8-11-19(12-9-18)23-20(24)14-27-21(25)13-10-17-7-5-4-6-16(17)3/h4-13,15H,14H2,1-3H3,(H,23,24)/b13-10+. The van der Waals surface area contributed by atoms with E-state index in [1.54, 1.807) is 44.2 Å². The lowest BCUT2D eigenvalue weighted by Crippen LogP contribution is -2.20. The first kappa shape index (κ1) is 20.9. The van der Waals surface area contributed by atoms with Gasteiger partial charge in [-0.3, -0.25) is 4.79 Å². The van der Waals surface area contributed by atoms with Crippen molar-refractivity contribution in [3.05, 3.63) is 71.3 Å². The molecule has 0 saturated heterocycles. The van der Waals surface area contributed by atoms with Crippen molar-refractivity contribution in [1.82, 2.24) is 0 Å². The summed E-state index contributed by atoms with van der Waals surface area (Å²) in [6, 6.07) is 13.9. The SMILES string of the molecule is Cc1ccccc1/C=C/C(=O)OCC(=O)Nc1ccc(C(=O)OC(C)C)cc1. The number of anilines is 1. The highest BCUT2D eigenvalue weighted by molar-refractivity contribution is 5.95. The van der Waals surface area contributed by atoms with Gasteiger partial charge in [-0.1, -0.05) is 24.3 Å². The van der Waals surface area contributed by atoms with E-state index in [0.29, 0.717) is 11.3 Å². The first-order valence-corrected chi connectivity index (χ1v) is 8.86. The Morgan fingerprint density at radius 2 is 1.71 bits per heavy atom. The number of carbonyl (C=O) groups is 3. The van der Waals surface area contributed by atoms with E-state index in [-0.39, 0.29) is 6.10 Å². The second-order valence-corrected chi connectivity index (χ2v) is 6.38. The largest absolute Gasteiger partial charge is 0.459 e. The molecule has 0 unspecified atom stereocenters. The van der Waals surface area contributed by atoms with Gasteiger partial charge in [0, 0.05) is 11.8 Å². The maximum Gasteiger partial charge on any atom is 0.338 e. The zero-order valence-corrected chi connectivity index (χ0v) is 16.1. The van der Waals surface area contributed by atoms with Crippen molar-refractivity contribution in [1.29, 1.82) is 0 Å². The summed E-state index contributed by atoms with van der Waals surface area (Å²) in [6.45, 7) is 5.06. The van der Waals surface area contributed by atoms with Crippen LogP contribution >= 0.6 is 0 Å². The Bertz CT molecular complexity index is 869. The fraction of sp³-hybridized carbons (Fsp3) is 0.227. The minimum absolute atomic E-state index is 0.207. The Morgan fingerprint density at radius 3 is 2.36 bits per heavy atom. The molecule has 2 rings (SSSR count). The number of benzene rings is 2. The van der Waals surface area contributed by atoms with Crippen molar-refractivity contribution in [2.45, 2.75) is 26.9 Å². The highest BCUT2D eigenvalue weighted by Gasteiger charge is 2.10. The smallest absolute Gasteiger partial charge is 0.338 e. The molecule has 6 nitrogen and oxygen atoms in total. The van der Waals surface area contributed by atoms with Crippen LogP contribution in [-0.4, -0.2) is 30.6 Å². The van der Waals surface area contributed by atoms with Gasteiger partial charge >= 0.3 is 11.9 Å². The maximum absolute atomic E-state index is 11.9. The quantitative estimate of drug-likeness (QED) is 0.583.